The SMILES string of the molecule is CCCC=CC(=S)N1CCc2c(sc3ncnc(NC(COCc4cccc(F)c4)c4ccccc4)c23)C1. The zero-order valence-corrected chi connectivity index (χ0v) is 23.0. The molecule has 0 saturated heterocycles. The van der Waals surface area contributed by atoms with Crippen molar-refractivity contribution in [2.24, 2.45) is 0 Å². The third-order valence-electron chi connectivity index (χ3n) is 6.62. The van der Waals surface area contributed by atoms with Crippen LogP contribution in [0.3, 0.4) is 0 Å². The summed E-state index contributed by atoms with van der Waals surface area (Å²) in [5.74, 6) is 0.556. The summed E-state index contributed by atoms with van der Waals surface area (Å²) >= 11 is 7.41. The fourth-order valence-corrected chi connectivity index (χ4v) is 6.13. The van der Waals surface area contributed by atoms with Crippen LogP contribution < -0.4 is 5.32 Å². The van der Waals surface area contributed by atoms with E-state index < -0.39 is 0 Å². The molecule has 3 heterocycles. The molecule has 38 heavy (non-hydrogen) atoms. The summed E-state index contributed by atoms with van der Waals surface area (Å²) in [7, 11) is 0. The summed E-state index contributed by atoms with van der Waals surface area (Å²) in [6, 6.07) is 16.6. The Hall–Kier alpha value is -3.20. The van der Waals surface area contributed by atoms with Crippen LogP contribution in [0.15, 0.2) is 73.1 Å². The molecule has 5 nitrogen and oxygen atoms in total. The number of unbranched alkanes of at least 4 members (excludes halogenated alkanes) is 1. The number of fused-ring (bicyclic) bond motifs is 3. The van der Waals surface area contributed by atoms with Crippen molar-refractivity contribution in [1.29, 1.82) is 0 Å². The van der Waals surface area contributed by atoms with Gasteiger partial charge in [0.2, 0.25) is 0 Å². The normalized spacial score (nSPS) is 14.1. The number of anilines is 1. The molecule has 0 amide bonds. The summed E-state index contributed by atoms with van der Waals surface area (Å²) in [6.07, 6.45) is 8.91. The van der Waals surface area contributed by atoms with Gasteiger partial charge in [-0.05, 0) is 47.7 Å². The fraction of sp³-hybridized carbons (Fsp3) is 0.300. The number of nitrogens with zero attached hydrogens (tertiary/aromatic N) is 3. The molecule has 0 radical (unpaired) electrons. The molecule has 0 aliphatic carbocycles. The van der Waals surface area contributed by atoms with Gasteiger partial charge in [0.05, 0.1) is 31.2 Å². The Labute approximate surface area is 232 Å². The molecular weight excluding hydrogens is 515 g/mol. The summed E-state index contributed by atoms with van der Waals surface area (Å²) in [5.41, 5.74) is 3.20. The molecule has 0 fully saturated rings. The number of halogens is 1. The number of rotatable bonds is 10. The van der Waals surface area contributed by atoms with E-state index in [1.807, 2.05) is 24.3 Å². The number of aromatic nitrogens is 2. The highest BCUT2D eigenvalue weighted by Crippen LogP contribution is 2.38. The summed E-state index contributed by atoms with van der Waals surface area (Å²) in [4.78, 5) is 14.7. The summed E-state index contributed by atoms with van der Waals surface area (Å²) in [6.45, 7) is 4.58. The highest BCUT2D eigenvalue weighted by atomic mass is 32.1. The minimum atomic E-state index is -0.259. The van der Waals surface area contributed by atoms with Gasteiger partial charge in [-0.2, -0.15) is 0 Å². The van der Waals surface area contributed by atoms with Gasteiger partial charge in [-0.1, -0.05) is 74.1 Å². The minimum Gasteiger partial charge on any atom is -0.374 e. The van der Waals surface area contributed by atoms with Crippen LogP contribution >= 0.6 is 23.6 Å². The molecular formula is C30H31FN4OS2. The molecule has 2 aromatic carbocycles. The third kappa shape index (κ3) is 6.26. The monoisotopic (exact) mass is 546 g/mol. The van der Waals surface area contributed by atoms with Gasteiger partial charge >= 0.3 is 0 Å². The Morgan fingerprint density at radius 3 is 2.89 bits per heavy atom. The predicted octanol–water partition coefficient (Wildman–Crippen LogP) is 7.24. The lowest BCUT2D eigenvalue weighted by molar-refractivity contribution is 0.112. The maximum atomic E-state index is 13.6. The van der Waals surface area contributed by atoms with Crippen LogP contribution in [0.5, 0.6) is 0 Å². The van der Waals surface area contributed by atoms with E-state index in [4.69, 9.17) is 17.0 Å². The molecule has 1 aliphatic rings. The Morgan fingerprint density at radius 2 is 2.08 bits per heavy atom. The Kier molecular flexibility index (Phi) is 8.73. The number of hydrogen-bond acceptors (Lipinski definition) is 6. The van der Waals surface area contributed by atoms with Crippen molar-refractivity contribution in [3.05, 3.63) is 100 Å². The molecule has 196 valence electrons. The maximum absolute atomic E-state index is 13.6. The van der Waals surface area contributed by atoms with Crippen LogP contribution in [0.25, 0.3) is 10.2 Å². The van der Waals surface area contributed by atoms with Crippen molar-refractivity contribution in [3.63, 3.8) is 0 Å². The van der Waals surface area contributed by atoms with Crippen molar-refractivity contribution in [2.45, 2.75) is 45.4 Å². The standard InChI is InChI=1S/C30H31FN4OS2/c1-2-3-5-13-27(37)35-15-14-24-26(17-35)38-30-28(24)29(32-20-33-30)34-25(22-10-6-4-7-11-22)19-36-18-21-9-8-12-23(31)16-21/h4-13,16,20,25H,2-3,14-15,17-19H2,1H3,(H,32,33,34). The number of ether oxygens (including phenoxy) is 1. The zero-order chi connectivity index (χ0) is 26.3. The van der Waals surface area contributed by atoms with Crippen LogP contribution in [-0.4, -0.2) is 33.0 Å². The van der Waals surface area contributed by atoms with Gasteiger partial charge < -0.3 is 15.0 Å². The first-order valence-electron chi connectivity index (χ1n) is 13.0. The van der Waals surface area contributed by atoms with Gasteiger partial charge in [-0.3, -0.25) is 0 Å². The van der Waals surface area contributed by atoms with Crippen LogP contribution in [0, 0.1) is 5.82 Å². The molecule has 1 atom stereocenters. The second kappa shape index (κ2) is 12.6. The lowest BCUT2D eigenvalue weighted by atomic mass is 10.0. The van der Waals surface area contributed by atoms with Crippen LogP contribution in [-0.2, 0) is 24.3 Å². The van der Waals surface area contributed by atoms with Gasteiger partial charge in [0.25, 0.3) is 0 Å². The molecule has 0 saturated carbocycles. The number of thiocarbonyl (C=S) groups is 1. The van der Waals surface area contributed by atoms with Gasteiger partial charge in [-0.25, -0.2) is 14.4 Å². The van der Waals surface area contributed by atoms with E-state index in [0.717, 1.165) is 64.5 Å². The minimum absolute atomic E-state index is 0.130. The average molecular weight is 547 g/mol. The predicted molar refractivity (Wildman–Crippen MR) is 157 cm³/mol. The molecule has 0 spiro atoms. The van der Waals surface area contributed by atoms with Crippen molar-refractivity contribution in [3.8, 4) is 0 Å². The van der Waals surface area contributed by atoms with Crippen LogP contribution in [0.1, 0.15) is 47.4 Å². The fourth-order valence-electron chi connectivity index (χ4n) is 4.67. The van der Waals surface area contributed by atoms with E-state index in [-0.39, 0.29) is 11.9 Å². The maximum Gasteiger partial charge on any atom is 0.139 e. The van der Waals surface area contributed by atoms with Gasteiger partial charge in [0, 0.05) is 11.4 Å². The Morgan fingerprint density at radius 1 is 1.21 bits per heavy atom. The number of thiophene rings is 1. The lowest BCUT2D eigenvalue weighted by Gasteiger charge is -2.28. The zero-order valence-electron chi connectivity index (χ0n) is 21.4. The van der Waals surface area contributed by atoms with Gasteiger partial charge in [-0.15, -0.1) is 11.3 Å². The highest BCUT2D eigenvalue weighted by molar-refractivity contribution is 7.80. The van der Waals surface area contributed by atoms with Crippen LogP contribution in [0.4, 0.5) is 10.2 Å². The first-order valence-corrected chi connectivity index (χ1v) is 14.2. The molecule has 8 heteroatoms. The molecule has 4 aromatic rings. The first kappa shape index (κ1) is 26.4. The van der Waals surface area contributed by atoms with E-state index in [9.17, 15) is 4.39 Å². The van der Waals surface area contributed by atoms with Gasteiger partial charge in [0.1, 0.15) is 27.8 Å². The third-order valence-corrected chi connectivity index (χ3v) is 8.14. The van der Waals surface area contributed by atoms with Gasteiger partial charge in [0.15, 0.2) is 0 Å². The van der Waals surface area contributed by atoms with Crippen molar-refractivity contribution in [2.75, 3.05) is 18.5 Å². The molecule has 0 bridgehead atoms. The average Bonchev–Trinajstić information content (AvgIpc) is 3.32. The summed E-state index contributed by atoms with van der Waals surface area (Å²) < 4.78 is 19.7. The van der Waals surface area contributed by atoms with E-state index in [2.05, 4.69) is 51.4 Å². The highest BCUT2D eigenvalue weighted by Gasteiger charge is 2.25. The molecule has 1 aliphatic heterocycles. The molecule has 5 rings (SSSR count). The van der Waals surface area contributed by atoms with Crippen molar-refractivity contribution >= 4 is 44.6 Å². The quantitative estimate of drug-likeness (QED) is 0.167. The first-order chi connectivity index (χ1) is 18.6. The Bertz CT molecular complexity index is 1420. The number of benzene rings is 2. The molecule has 1 unspecified atom stereocenters. The largest absolute Gasteiger partial charge is 0.374 e. The van der Waals surface area contributed by atoms with Crippen molar-refractivity contribution < 1.29 is 9.13 Å². The summed E-state index contributed by atoms with van der Waals surface area (Å²) in [5, 5.41) is 4.73. The second-order valence-corrected chi connectivity index (χ2v) is 10.9. The molecule has 2 aromatic heterocycles. The van der Waals surface area contributed by atoms with E-state index >= 15 is 0 Å². The van der Waals surface area contributed by atoms with Crippen LogP contribution in [0.2, 0.25) is 0 Å². The number of allylic oxidation sites excluding steroid dienone is 1. The second-order valence-electron chi connectivity index (χ2n) is 9.36. The van der Waals surface area contributed by atoms with E-state index in [1.165, 1.54) is 22.6 Å². The van der Waals surface area contributed by atoms with E-state index in [1.54, 1.807) is 23.7 Å². The smallest absolute Gasteiger partial charge is 0.139 e. The van der Waals surface area contributed by atoms with E-state index in [0.29, 0.717) is 13.2 Å². The Balaban J connectivity index is 1.36. The van der Waals surface area contributed by atoms with Crippen molar-refractivity contribution in [1.82, 2.24) is 14.9 Å². The molecule has 1 N–H and O–H groups in total. The number of nitrogens with one attached hydrogen (secondary N) is 1. The topological polar surface area (TPSA) is 50.3 Å². The lowest BCUT2D eigenvalue weighted by Crippen LogP contribution is -2.33. The number of hydrogen-bond donors (Lipinski definition) is 1.